The molecule has 1 aliphatic rings. The van der Waals surface area contributed by atoms with Gasteiger partial charge in [-0.2, -0.15) is 0 Å². The van der Waals surface area contributed by atoms with E-state index in [1.165, 1.54) is 11.3 Å². The largest absolute Gasteiger partial charge is 0.326 e. The summed E-state index contributed by atoms with van der Waals surface area (Å²) < 4.78 is 25.9. The van der Waals surface area contributed by atoms with Gasteiger partial charge in [-0.15, -0.1) is 11.3 Å². The number of benzene rings is 1. The molecule has 0 bridgehead atoms. The first-order chi connectivity index (χ1) is 11.0. The van der Waals surface area contributed by atoms with E-state index in [2.05, 4.69) is 15.0 Å². The number of amides is 1. The summed E-state index contributed by atoms with van der Waals surface area (Å²) in [4.78, 5) is 15.9. The van der Waals surface area contributed by atoms with Crippen molar-refractivity contribution < 1.29 is 13.2 Å². The van der Waals surface area contributed by atoms with E-state index in [0.29, 0.717) is 12.8 Å². The van der Waals surface area contributed by atoms with Gasteiger partial charge >= 0.3 is 0 Å². The number of fused-ring (bicyclic) bond motifs is 1. The number of hydrogen-bond acceptors (Lipinski definition) is 5. The highest BCUT2D eigenvalue weighted by atomic mass is 32.2. The summed E-state index contributed by atoms with van der Waals surface area (Å²) >= 11 is 1.42. The summed E-state index contributed by atoms with van der Waals surface area (Å²) in [5, 5.41) is 5.41. The van der Waals surface area contributed by atoms with Gasteiger partial charge in [0.15, 0.2) is 0 Å². The van der Waals surface area contributed by atoms with Crippen LogP contribution in [0.2, 0.25) is 0 Å². The van der Waals surface area contributed by atoms with E-state index in [4.69, 9.17) is 0 Å². The topological polar surface area (TPSA) is 88.2 Å². The molecular weight excluding hydrogens is 334 g/mol. The highest BCUT2D eigenvalue weighted by Crippen LogP contribution is 2.29. The molecule has 122 valence electrons. The second kappa shape index (κ2) is 6.38. The summed E-state index contributed by atoms with van der Waals surface area (Å²) in [5.41, 5.74) is 3.54. The third-order valence-electron chi connectivity index (χ3n) is 3.49. The molecule has 0 fully saturated rings. The molecule has 3 rings (SSSR count). The Labute approximate surface area is 139 Å². The highest BCUT2D eigenvalue weighted by Gasteiger charge is 2.18. The molecule has 0 atom stereocenters. The Balaban J connectivity index is 1.73. The maximum atomic E-state index is 11.7. The van der Waals surface area contributed by atoms with E-state index in [-0.39, 0.29) is 18.2 Å². The van der Waals surface area contributed by atoms with Crippen molar-refractivity contribution in [3.8, 4) is 11.3 Å². The molecule has 1 aromatic heterocycles. The molecule has 0 radical (unpaired) electrons. The van der Waals surface area contributed by atoms with Gasteiger partial charge in [-0.3, -0.25) is 4.79 Å². The van der Waals surface area contributed by atoms with Crippen LogP contribution in [0.1, 0.15) is 23.9 Å². The number of aromatic nitrogens is 1. The summed E-state index contributed by atoms with van der Waals surface area (Å²) in [7, 11) is -3.23. The number of nitrogens with zero attached hydrogens (tertiary/aromatic N) is 1. The fourth-order valence-electron chi connectivity index (χ4n) is 2.43. The summed E-state index contributed by atoms with van der Waals surface area (Å²) in [6.45, 7) is 2.03. The van der Waals surface area contributed by atoms with Crippen molar-refractivity contribution in [2.24, 2.45) is 0 Å². The first-order valence-electron chi connectivity index (χ1n) is 7.32. The minimum Gasteiger partial charge on any atom is -0.326 e. The lowest BCUT2D eigenvalue weighted by molar-refractivity contribution is -0.115. The van der Waals surface area contributed by atoms with Crippen LogP contribution >= 0.6 is 11.3 Å². The quantitative estimate of drug-likeness (QED) is 0.834. The molecule has 0 saturated carbocycles. The van der Waals surface area contributed by atoms with E-state index >= 15 is 0 Å². The predicted molar refractivity (Wildman–Crippen MR) is 90.8 cm³/mol. The zero-order valence-corrected chi connectivity index (χ0v) is 14.3. The molecule has 0 aliphatic carbocycles. The van der Waals surface area contributed by atoms with Crippen molar-refractivity contribution in [2.75, 3.05) is 11.1 Å². The van der Waals surface area contributed by atoms with Gasteiger partial charge in [-0.1, -0.05) is 13.0 Å². The SMILES string of the molecule is CCCS(=O)(=O)NCc1nc(-c2ccc3c(c2)CC(=O)N3)cs1. The number of carbonyl (C=O) groups is 1. The van der Waals surface area contributed by atoms with E-state index < -0.39 is 10.0 Å². The smallest absolute Gasteiger partial charge is 0.228 e. The van der Waals surface area contributed by atoms with Crippen LogP contribution < -0.4 is 10.0 Å². The van der Waals surface area contributed by atoms with E-state index in [0.717, 1.165) is 27.5 Å². The standard InChI is InChI=1S/C15H17N3O3S2/c1-2-5-23(20,21)16-8-15-18-13(9-22-15)10-3-4-12-11(6-10)7-14(19)17-12/h3-4,6,9,16H,2,5,7-8H2,1H3,(H,17,19). The van der Waals surface area contributed by atoms with Crippen molar-refractivity contribution in [3.05, 3.63) is 34.2 Å². The number of nitrogens with one attached hydrogen (secondary N) is 2. The van der Waals surface area contributed by atoms with Gasteiger partial charge in [0.25, 0.3) is 0 Å². The van der Waals surface area contributed by atoms with Gasteiger partial charge in [-0.05, 0) is 24.1 Å². The molecule has 2 N–H and O–H groups in total. The van der Waals surface area contributed by atoms with Crippen molar-refractivity contribution in [1.29, 1.82) is 0 Å². The average molecular weight is 351 g/mol. The van der Waals surface area contributed by atoms with Gasteiger partial charge in [0.05, 0.1) is 24.4 Å². The monoisotopic (exact) mass is 351 g/mol. The molecule has 1 amide bonds. The molecule has 23 heavy (non-hydrogen) atoms. The maximum absolute atomic E-state index is 11.7. The fourth-order valence-corrected chi connectivity index (χ4v) is 4.30. The van der Waals surface area contributed by atoms with Gasteiger partial charge in [-0.25, -0.2) is 18.1 Å². The van der Waals surface area contributed by atoms with Gasteiger partial charge in [0, 0.05) is 16.6 Å². The van der Waals surface area contributed by atoms with Crippen LogP contribution in [-0.2, 0) is 27.8 Å². The second-order valence-electron chi connectivity index (χ2n) is 5.36. The number of thiazole rings is 1. The fraction of sp³-hybridized carbons (Fsp3) is 0.333. The van der Waals surface area contributed by atoms with Crippen LogP contribution in [0.15, 0.2) is 23.6 Å². The number of hydrogen-bond donors (Lipinski definition) is 2. The second-order valence-corrected chi connectivity index (χ2v) is 8.23. The molecule has 0 unspecified atom stereocenters. The van der Waals surface area contributed by atoms with E-state index in [9.17, 15) is 13.2 Å². The molecule has 1 aromatic carbocycles. The first-order valence-corrected chi connectivity index (χ1v) is 9.85. The van der Waals surface area contributed by atoms with Crippen LogP contribution in [0, 0.1) is 0 Å². The predicted octanol–water partition coefficient (Wildman–Crippen LogP) is 2.13. The Hall–Kier alpha value is -1.77. The zero-order valence-electron chi connectivity index (χ0n) is 12.6. The molecule has 2 aromatic rings. The Bertz CT molecular complexity index is 843. The van der Waals surface area contributed by atoms with Crippen molar-refractivity contribution in [2.45, 2.75) is 26.3 Å². The van der Waals surface area contributed by atoms with Crippen LogP contribution in [0.3, 0.4) is 0 Å². The minimum atomic E-state index is -3.23. The normalized spacial score (nSPS) is 13.9. The Kier molecular flexibility index (Phi) is 4.47. The Morgan fingerprint density at radius 3 is 3.00 bits per heavy atom. The zero-order chi connectivity index (χ0) is 16.4. The average Bonchev–Trinajstić information content (AvgIpc) is 3.09. The number of sulfonamides is 1. The van der Waals surface area contributed by atoms with Crippen molar-refractivity contribution in [1.82, 2.24) is 9.71 Å². The van der Waals surface area contributed by atoms with Crippen molar-refractivity contribution >= 4 is 33.0 Å². The van der Waals surface area contributed by atoms with Crippen LogP contribution in [-0.4, -0.2) is 25.1 Å². The third kappa shape index (κ3) is 3.77. The van der Waals surface area contributed by atoms with Crippen LogP contribution in [0.25, 0.3) is 11.3 Å². The van der Waals surface area contributed by atoms with Gasteiger partial charge < -0.3 is 5.32 Å². The van der Waals surface area contributed by atoms with E-state index in [1.807, 2.05) is 30.5 Å². The molecule has 2 heterocycles. The Morgan fingerprint density at radius 2 is 2.22 bits per heavy atom. The molecular formula is C15H17N3O3S2. The summed E-state index contributed by atoms with van der Waals surface area (Å²) in [6, 6.07) is 5.73. The molecule has 6 nitrogen and oxygen atoms in total. The van der Waals surface area contributed by atoms with Gasteiger partial charge in [0.1, 0.15) is 5.01 Å². The molecule has 1 aliphatic heterocycles. The van der Waals surface area contributed by atoms with Crippen LogP contribution in [0.5, 0.6) is 0 Å². The Morgan fingerprint density at radius 1 is 1.39 bits per heavy atom. The number of carbonyl (C=O) groups excluding carboxylic acids is 1. The van der Waals surface area contributed by atoms with E-state index in [1.54, 1.807) is 0 Å². The van der Waals surface area contributed by atoms with Crippen molar-refractivity contribution in [3.63, 3.8) is 0 Å². The molecule has 8 heteroatoms. The van der Waals surface area contributed by atoms with Gasteiger partial charge in [0.2, 0.25) is 15.9 Å². The lowest BCUT2D eigenvalue weighted by Gasteiger charge is -2.03. The molecule has 0 spiro atoms. The summed E-state index contributed by atoms with van der Waals surface area (Å²) in [6.07, 6.45) is 0.970. The maximum Gasteiger partial charge on any atom is 0.228 e. The highest BCUT2D eigenvalue weighted by molar-refractivity contribution is 7.89. The number of rotatable bonds is 6. The first kappa shape index (κ1) is 16.1. The lowest BCUT2D eigenvalue weighted by Crippen LogP contribution is -2.25. The lowest BCUT2D eigenvalue weighted by atomic mass is 10.1. The third-order valence-corrected chi connectivity index (χ3v) is 5.87. The molecule has 0 saturated heterocycles. The van der Waals surface area contributed by atoms with Crippen LogP contribution in [0.4, 0.5) is 5.69 Å². The minimum absolute atomic E-state index is 0.00134. The summed E-state index contributed by atoms with van der Waals surface area (Å²) in [5.74, 6) is 0.123. The number of anilines is 1.